The van der Waals surface area contributed by atoms with Gasteiger partial charge in [0, 0.05) is 23.8 Å². The van der Waals surface area contributed by atoms with Gasteiger partial charge in [-0.15, -0.1) is 0 Å². The first kappa shape index (κ1) is 17.3. The highest BCUT2D eigenvalue weighted by Crippen LogP contribution is 2.19. The lowest BCUT2D eigenvalue weighted by Gasteiger charge is -2.24. The second-order valence-corrected chi connectivity index (χ2v) is 6.43. The molecule has 0 aromatic heterocycles. The Kier molecular flexibility index (Phi) is 5.56. The number of urea groups is 1. The minimum absolute atomic E-state index is 0.129. The quantitative estimate of drug-likeness (QED) is 0.877. The fourth-order valence-corrected chi connectivity index (χ4v) is 3.03. The van der Waals surface area contributed by atoms with Crippen molar-refractivity contribution in [3.05, 3.63) is 65.2 Å². The van der Waals surface area contributed by atoms with Crippen molar-refractivity contribution < 1.29 is 9.59 Å². The summed E-state index contributed by atoms with van der Waals surface area (Å²) in [7, 11) is 0. The normalized spacial score (nSPS) is 16.5. The highest BCUT2D eigenvalue weighted by molar-refractivity contribution is 6.30. The highest BCUT2D eigenvalue weighted by atomic mass is 35.5. The van der Waals surface area contributed by atoms with Crippen molar-refractivity contribution in [3.8, 4) is 0 Å². The molecule has 2 N–H and O–H groups in total. The second-order valence-electron chi connectivity index (χ2n) is 5.99. The first-order chi connectivity index (χ1) is 12.1. The van der Waals surface area contributed by atoms with E-state index in [1.54, 1.807) is 17.0 Å². The lowest BCUT2D eigenvalue weighted by atomic mass is 10.2. The van der Waals surface area contributed by atoms with Crippen LogP contribution >= 0.6 is 11.6 Å². The van der Waals surface area contributed by atoms with E-state index in [0.29, 0.717) is 24.5 Å². The summed E-state index contributed by atoms with van der Waals surface area (Å²) in [6, 6.07) is 15.9. The molecular weight excluding hydrogens is 338 g/mol. The minimum atomic E-state index is -0.434. The van der Waals surface area contributed by atoms with Crippen LogP contribution in [0.25, 0.3) is 0 Å². The first-order valence-corrected chi connectivity index (χ1v) is 8.66. The van der Waals surface area contributed by atoms with Gasteiger partial charge in [0.05, 0.1) is 0 Å². The molecule has 0 aliphatic carbocycles. The maximum atomic E-state index is 12.5. The molecule has 0 bridgehead atoms. The Labute approximate surface area is 152 Å². The molecule has 2 aromatic rings. The van der Waals surface area contributed by atoms with Gasteiger partial charge < -0.3 is 15.5 Å². The van der Waals surface area contributed by atoms with Crippen LogP contribution in [0.4, 0.5) is 10.5 Å². The number of nitrogens with zero attached hydrogens (tertiary/aromatic N) is 1. The molecule has 1 aliphatic rings. The molecule has 3 rings (SSSR count). The molecule has 1 heterocycles. The Balaban J connectivity index is 1.57. The topological polar surface area (TPSA) is 61.4 Å². The fraction of sp³-hybridized carbons (Fsp3) is 0.263. The summed E-state index contributed by atoms with van der Waals surface area (Å²) in [4.78, 5) is 26.6. The molecule has 2 aromatic carbocycles. The van der Waals surface area contributed by atoms with Gasteiger partial charge in [0.25, 0.3) is 0 Å². The molecule has 25 heavy (non-hydrogen) atoms. The van der Waals surface area contributed by atoms with Crippen LogP contribution in [0.2, 0.25) is 5.02 Å². The van der Waals surface area contributed by atoms with E-state index in [9.17, 15) is 9.59 Å². The van der Waals surface area contributed by atoms with Gasteiger partial charge in [-0.1, -0.05) is 41.9 Å². The largest absolute Gasteiger partial charge is 0.350 e. The molecule has 1 atom stereocenters. The lowest BCUT2D eigenvalue weighted by Crippen LogP contribution is -2.47. The average Bonchev–Trinajstić information content (AvgIpc) is 3.12. The molecule has 0 unspecified atom stereocenters. The van der Waals surface area contributed by atoms with E-state index in [4.69, 9.17) is 11.6 Å². The summed E-state index contributed by atoms with van der Waals surface area (Å²) in [5, 5.41) is 6.41. The highest BCUT2D eigenvalue weighted by Gasteiger charge is 2.33. The Morgan fingerprint density at radius 2 is 1.80 bits per heavy atom. The van der Waals surface area contributed by atoms with Crippen LogP contribution in [0, 0.1) is 0 Å². The molecule has 1 aliphatic heterocycles. The number of rotatable bonds is 4. The van der Waals surface area contributed by atoms with Crippen molar-refractivity contribution in [2.24, 2.45) is 0 Å². The second kappa shape index (κ2) is 8.03. The van der Waals surface area contributed by atoms with Crippen LogP contribution in [0.1, 0.15) is 18.4 Å². The third-order valence-electron chi connectivity index (χ3n) is 4.22. The molecule has 1 saturated heterocycles. The summed E-state index contributed by atoms with van der Waals surface area (Å²) in [6.07, 6.45) is 1.50. The summed E-state index contributed by atoms with van der Waals surface area (Å²) >= 11 is 5.86. The number of hydrogen-bond acceptors (Lipinski definition) is 2. The van der Waals surface area contributed by atoms with Crippen LogP contribution in [0.15, 0.2) is 54.6 Å². The van der Waals surface area contributed by atoms with Crippen molar-refractivity contribution in [1.82, 2.24) is 10.2 Å². The van der Waals surface area contributed by atoms with Crippen LogP contribution < -0.4 is 10.6 Å². The van der Waals surface area contributed by atoms with Crippen molar-refractivity contribution in [2.75, 3.05) is 11.9 Å². The number of para-hydroxylation sites is 1. The summed E-state index contributed by atoms with van der Waals surface area (Å²) in [5.74, 6) is -0.129. The maximum Gasteiger partial charge on any atom is 0.322 e. The smallest absolute Gasteiger partial charge is 0.322 e. The number of benzene rings is 2. The van der Waals surface area contributed by atoms with Crippen molar-refractivity contribution in [2.45, 2.75) is 25.4 Å². The molecule has 0 saturated carbocycles. The maximum absolute atomic E-state index is 12.5. The van der Waals surface area contributed by atoms with E-state index in [1.165, 1.54) is 0 Å². The van der Waals surface area contributed by atoms with Crippen molar-refractivity contribution in [1.29, 1.82) is 0 Å². The van der Waals surface area contributed by atoms with Gasteiger partial charge in [0.1, 0.15) is 6.04 Å². The SMILES string of the molecule is O=C(NCc1ccc(Cl)cc1)[C@H]1CCCN1C(=O)Nc1ccccc1. The van der Waals surface area contributed by atoms with Gasteiger partial charge >= 0.3 is 6.03 Å². The number of carbonyl (C=O) groups is 2. The zero-order valence-electron chi connectivity index (χ0n) is 13.7. The van der Waals surface area contributed by atoms with Crippen molar-refractivity contribution >= 4 is 29.2 Å². The molecule has 1 fully saturated rings. The standard InChI is InChI=1S/C19H20ClN3O2/c20-15-10-8-14(9-11-15)13-21-18(24)17-7-4-12-23(17)19(25)22-16-5-2-1-3-6-16/h1-3,5-6,8-11,17H,4,7,12-13H2,(H,21,24)(H,22,25)/t17-/m1/s1. The number of likely N-dealkylation sites (tertiary alicyclic amines) is 1. The van der Waals surface area contributed by atoms with Crippen molar-refractivity contribution in [3.63, 3.8) is 0 Å². The lowest BCUT2D eigenvalue weighted by molar-refractivity contribution is -0.124. The molecular formula is C19H20ClN3O2. The zero-order valence-corrected chi connectivity index (χ0v) is 14.5. The number of halogens is 1. The van der Waals surface area contributed by atoms with Gasteiger partial charge in [-0.2, -0.15) is 0 Å². The van der Waals surface area contributed by atoms with Crippen LogP contribution in [0.3, 0.4) is 0 Å². The molecule has 0 spiro atoms. The Bertz CT molecular complexity index is 734. The number of nitrogens with one attached hydrogen (secondary N) is 2. The van der Waals surface area contributed by atoms with E-state index in [2.05, 4.69) is 10.6 Å². The van der Waals surface area contributed by atoms with E-state index in [0.717, 1.165) is 17.7 Å². The Morgan fingerprint density at radius 1 is 1.08 bits per heavy atom. The van der Waals surface area contributed by atoms with E-state index in [-0.39, 0.29) is 11.9 Å². The number of anilines is 1. The monoisotopic (exact) mass is 357 g/mol. The van der Waals surface area contributed by atoms with Gasteiger partial charge in [0.15, 0.2) is 0 Å². The average molecular weight is 358 g/mol. The number of hydrogen-bond donors (Lipinski definition) is 2. The van der Waals surface area contributed by atoms with Crippen LogP contribution in [0.5, 0.6) is 0 Å². The fourth-order valence-electron chi connectivity index (χ4n) is 2.91. The number of carbonyl (C=O) groups excluding carboxylic acids is 2. The van der Waals surface area contributed by atoms with E-state index in [1.807, 2.05) is 42.5 Å². The first-order valence-electron chi connectivity index (χ1n) is 8.28. The molecule has 0 radical (unpaired) electrons. The Morgan fingerprint density at radius 3 is 2.52 bits per heavy atom. The molecule has 5 nitrogen and oxygen atoms in total. The van der Waals surface area contributed by atoms with Gasteiger partial charge in [0.2, 0.25) is 5.91 Å². The van der Waals surface area contributed by atoms with Crippen LogP contribution in [-0.2, 0) is 11.3 Å². The van der Waals surface area contributed by atoms with Gasteiger partial charge in [-0.05, 0) is 42.7 Å². The zero-order chi connectivity index (χ0) is 17.6. The predicted octanol–water partition coefficient (Wildman–Crippen LogP) is 3.65. The van der Waals surface area contributed by atoms with Crippen LogP contribution in [-0.4, -0.2) is 29.4 Å². The Hall–Kier alpha value is -2.53. The molecule has 130 valence electrons. The number of amides is 3. The van der Waals surface area contributed by atoms with Gasteiger partial charge in [-0.3, -0.25) is 4.79 Å². The van der Waals surface area contributed by atoms with E-state index < -0.39 is 6.04 Å². The predicted molar refractivity (Wildman–Crippen MR) is 98.5 cm³/mol. The third-order valence-corrected chi connectivity index (χ3v) is 4.47. The molecule has 3 amide bonds. The summed E-state index contributed by atoms with van der Waals surface area (Å²) in [6.45, 7) is 0.998. The third kappa shape index (κ3) is 4.51. The van der Waals surface area contributed by atoms with Gasteiger partial charge in [-0.25, -0.2) is 4.79 Å². The summed E-state index contributed by atoms with van der Waals surface area (Å²) in [5.41, 5.74) is 1.69. The summed E-state index contributed by atoms with van der Waals surface area (Å²) < 4.78 is 0. The van der Waals surface area contributed by atoms with E-state index >= 15 is 0 Å². The molecule has 6 heteroatoms. The minimum Gasteiger partial charge on any atom is -0.350 e.